The van der Waals surface area contributed by atoms with Gasteiger partial charge in [-0.2, -0.15) is 0 Å². The van der Waals surface area contributed by atoms with Crippen molar-refractivity contribution in [1.29, 1.82) is 0 Å². The third kappa shape index (κ3) is 6.12. The number of hydrogen-bond acceptors (Lipinski definition) is 7. The molecule has 1 N–H and O–H groups in total. The predicted molar refractivity (Wildman–Crippen MR) is 160 cm³/mol. The van der Waals surface area contributed by atoms with Crippen LogP contribution in [0.4, 0.5) is 0 Å². The maximum atomic E-state index is 13.0. The number of nitrogens with zero attached hydrogens (tertiary/aromatic N) is 3. The van der Waals surface area contributed by atoms with Crippen molar-refractivity contribution in [3.8, 4) is 0 Å². The highest BCUT2D eigenvalue weighted by atomic mass is 32.2. The zero-order valence-corrected chi connectivity index (χ0v) is 24.9. The molecule has 8 nitrogen and oxygen atoms in total. The Kier molecular flexibility index (Phi) is 9.73. The molecule has 1 heterocycles. The van der Waals surface area contributed by atoms with Crippen LogP contribution in [0, 0.1) is 0 Å². The molecular formula is C30H35N3O5SSi. The third-order valence-electron chi connectivity index (χ3n) is 7.19. The summed E-state index contributed by atoms with van der Waals surface area (Å²) in [5.41, 5.74) is 8.94. The number of thioether (sulfide) groups is 1. The highest BCUT2D eigenvalue weighted by Crippen LogP contribution is 2.38. The number of rotatable bonds is 9. The molecule has 0 radical (unpaired) electrons. The number of aliphatic hydroxyl groups excluding tert-OH is 1. The fourth-order valence-corrected chi connectivity index (χ4v) is 10.6. The second-order valence-electron chi connectivity index (χ2n) is 10.7. The van der Waals surface area contributed by atoms with Crippen LogP contribution in [0.1, 0.15) is 31.1 Å². The smallest absolute Gasteiger partial charge is 0.338 e. The van der Waals surface area contributed by atoms with Crippen molar-refractivity contribution in [2.75, 3.05) is 12.9 Å². The monoisotopic (exact) mass is 577 g/mol. The Hall–Kier alpha value is -3.11. The molecule has 5 atom stereocenters. The molecule has 0 aromatic heterocycles. The summed E-state index contributed by atoms with van der Waals surface area (Å²) in [7, 11) is -2.92. The van der Waals surface area contributed by atoms with Crippen molar-refractivity contribution < 1.29 is 23.8 Å². The first-order valence-corrected chi connectivity index (χ1v) is 16.3. The summed E-state index contributed by atoms with van der Waals surface area (Å²) in [6.07, 6.45) is -1.43. The Balaban J connectivity index is 1.69. The summed E-state index contributed by atoms with van der Waals surface area (Å²) in [5, 5.41) is 17.3. The van der Waals surface area contributed by atoms with Crippen LogP contribution in [0.5, 0.6) is 0 Å². The molecule has 3 aromatic rings. The van der Waals surface area contributed by atoms with E-state index in [9.17, 15) is 15.4 Å². The predicted octanol–water partition coefficient (Wildman–Crippen LogP) is 4.92. The molecule has 4 rings (SSSR count). The molecule has 40 heavy (non-hydrogen) atoms. The zero-order chi connectivity index (χ0) is 28.8. The number of azide groups is 1. The van der Waals surface area contributed by atoms with Crippen molar-refractivity contribution in [2.45, 2.75) is 55.6 Å². The maximum Gasteiger partial charge on any atom is 0.338 e. The average molecular weight is 578 g/mol. The van der Waals surface area contributed by atoms with E-state index >= 15 is 0 Å². The van der Waals surface area contributed by atoms with Crippen LogP contribution in [-0.2, 0) is 13.9 Å². The first-order valence-electron chi connectivity index (χ1n) is 13.1. The standard InChI is InChI=1S/C30H35N3O5SSi/c1-30(2,3)40(22-16-10-6-11-17-22,23-18-12-7-13-19-23)36-20-24-26(34)27(25(32-33-31)29(37-24)39-4)38-28(35)21-14-8-5-9-15-21/h5-19,24-27,29,34H,20H2,1-4H3/t24?,25-,26+,27?,29-/m0/s1. The number of carbonyl (C=O) groups excluding carboxylic acids is 1. The van der Waals surface area contributed by atoms with Crippen molar-refractivity contribution in [3.63, 3.8) is 0 Å². The minimum Gasteiger partial charge on any atom is -0.455 e. The Morgan fingerprint density at radius 2 is 1.52 bits per heavy atom. The zero-order valence-electron chi connectivity index (χ0n) is 23.1. The van der Waals surface area contributed by atoms with Gasteiger partial charge >= 0.3 is 5.97 Å². The Bertz CT molecular complexity index is 1260. The number of benzene rings is 3. The van der Waals surface area contributed by atoms with E-state index in [0.717, 1.165) is 10.4 Å². The van der Waals surface area contributed by atoms with Gasteiger partial charge in [-0.05, 0) is 39.3 Å². The summed E-state index contributed by atoms with van der Waals surface area (Å²) in [6.45, 7) is 6.56. The topological polar surface area (TPSA) is 114 Å². The van der Waals surface area contributed by atoms with E-state index in [1.807, 2.05) is 42.7 Å². The van der Waals surface area contributed by atoms with E-state index < -0.39 is 44.1 Å². The van der Waals surface area contributed by atoms with E-state index in [4.69, 9.17) is 13.9 Å². The molecule has 0 amide bonds. The number of hydrogen-bond donors (Lipinski definition) is 1. The molecule has 1 aliphatic rings. The van der Waals surface area contributed by atoms with E-state index in [-0.39, 0.29) is 11.6 Å². The number of ether oxygens (including phenoxy) is 2. The van der Waals surface area contributed by atoms with Crippen LogP contribution < -0.4 is 10.4 Å². The summed E-state index contributed by atoms with van der Waals surface area (Å²) >= 11 is 1.32. The van der Waals surface area contributed by atoms with Gasteiger partial charge in [-0.25, -0.2) is 4.79 Å². The number of aliphatic hydroxyl groups is 1. The van der Waals surface area contributed by atoms with Crippen molar-refractivity contribution >= 4 is 36.4 Å². The molecule has 0 saturated carbocycles. The molecule has 0 aliphatic carbocycles. The number of esters is 1. The van der Waals surface area contributed by atoms with Gasteiger partial charge in [0.1, 0.15) is 29.8 Å². The van der Waals surface area contributed by atoms with E-state index in [1.54, 1.807) is 30.3 Å². The molecule has 1 aliphatic heterocycles. The lowest BCUT2D eigenvalue weighted by atomic mass is 9.98. The van der Waals surface area contributed by atoms with Crippen LogP contribution >= 0.6 is 11.8 Å². The Morgan fingerprint density at radius 3 is 2.00 bits per heavy atom. The second kappa shape index (κ2) is 13.0. The highest BCUT2D eigenvalue weighted by molar-refractivity contribution is 7.99. The highest BCUT2D eigenvalue weighted by Gasteiger charge is 2.53. The van der Waals surface area contributed by atoms with Gasteiger partial charge in [0.05, 0.1) is 12.2 Å². The van der Waals surface area contributed by atoms with Gasteiger partial charge in [-0.3, -0.25) is 0 Å². The lowest BCUT2D eigenvalue weighted by molar-refractivity contribution is -0.165. The summed E-state index contributed by atoms with van der Waals surface area (Å²) in [6, 6.07) is 28.0. The van der Waals surface area contributed by atoms with Gasteiger partial charge in [0.25, 0.3) is 8.32 Å². The van der Waals surface area contributed by atoms with Crippen LogP contribution in [-0.4, -0.2) is 62.0 Å². The number of carbonyl (C=O) groups is 1. The SMILES string of the molecule is CS[C@@H]1OC(CO[Si](c2ccccc2)(c2ccccc2)C(C)(C)C)[C@@H](O)C(OC(=O)c2ccccc2)[C@@H]1N=[N+]=[N-]. The van der Waals surface area contributed by atoms with Crippen molar-refractivity contribution in [2.24, 2.45) is 5.11 Å². The van der Waals surface area contributed by atoms with E-state index in [1.165, 1.54) is 11.8 Å². The molecule has 2 unspecified atom stereocenters. The first-order chi connectivity index (χ1) is 19.2. The Labute approximate surface area is 240 Å². The second-order valence-corrected chi connectivity index (χ2v) is 15.9. The Morgan fingerprint density at radius 1 is 1.00 bits per heavy atom. The van der Waals surface area contributed by atoms with Gasteiger partial charge in [-0.1, -0.05) is 105 Å². The third-order valence-corrected chi connectivity index (χ3v) is 13.1. The van der Waals surface area contributed by atoms with Crippen LogP contribution in [0.25, 0.3) is 10.4 Å². The lowest BCUT2D eigenvalue weighted by Crippen LogP contribution is -2.68. The van der Waals surface area contributed by atoms with Gasteiger partial charge < -0.3 is 19.0 Å². The molecular weight excluding hydrogens is 542 g/mol. The van der Waals surface area contributed by atoms with E-state index in [0.29, 0.717) is 5.56 Å². The molecule has 0 spiro atoms. The van der Waals surface area contributed by atoms with Crippen molar-refractivity contribution in [1.82, 2.24) is 0 Å². The molecule has 1 saturated heterocycles. The van der Waals surface area contributed by atoms with Gasteiger partial charge in [0.15, 0.2) is 0 Å². The van der Waals surface area contributed by atoms with Crippen molar-refractivity contribution in [3.05, 3.63) is 107 Å². The normalized spacial score (nSPS) is 23.2. The molecule has 3 aromatic carbocycles. The average Bonchev–Trinajstić information content (AvgIpc) is 2.97. The fraction of sp³-hybridized carbons (Fsp3) is 0.367. The molecule has 210 valence electrons. The van der Waals surface area contributed by atoms with E-state index in [2.05, 4.69) is 55.1 Å². The molecule has 0 bridgehead atoms. The largest absolute Gasteiger partial charge is 0.455 e. The van der Waals surface area contributed by atoms with Crippen LogP contribution in [0.3, 0.4) is 0 Å². The minimum absolute atomic E-state index is 0.0495. The summed E-state index contributed by atoms with van der Waals surface area (Å²) < 4.78 is 19.1. The van der Waals surface area contributed by atoms with Crippen LogP contribution in [0.15, 0.2) is 96.1 Å². The summed E-state index contributed by atoms with van der Waals surface area (Å²) in [5.74, 6) is -0.615. The minimum atomic E-state index is -2.92. The molecule has 1 fully saturated rings. The maximum absolute atomic E-state index is 13.0. The molecule has 10 heteroatoms. The van der Waals surface area contributed by atoms with Gasteiger partial charge in [0.2, 0.25) is 0 Å². The van der Waals surface area contributed by atoms with Gasteiger partial charge in [-0.15, -0.1) is 11.8 Å². The summed E-state index contributed by atoms with van der Waals surface area (Å²) in [4.78, 5) is 15.9. The fourth-order valence-electron chi connectivity index (χ4n) is 5.29. The van der Waals surface area contributed by atoms with Gasteiger partial charge in [0, 0.05) is 4.91 Å². The lowest BCUT2D eigenvalue weighted by Gasteiger charge is -2.46. The quantitative estimate of drug-likeness (QED) is 0.127. The first kappa shape index (κ1) is 29.9. The van der Waals surface area contributed by atoms with Crippen LogP contribution in [0.2, 0.25) is 5.04 Å².